The highest BCUT2D eigenvalue weighted by Gasteiger charge is 2.61. The van der Waals surface area contributed by atoms with Gasteiger partial charge in [0.2, 0.25) is 0 Å². The zero-order valence-electron chi connectivity index (χ0n) is 45.5. The summed E-state index contributed by atoms with van der Waals surface area (Å²) in [6.45, 7) is 35.3. The van der Waals surface area contributed by atoms with Gasteiger partial charge in [0.1, 0.15) is 0 Å². The molecule has 7 aromatic carbocycles. The van der Waals surface area contributed by atoms with Crippen molar-refractivity contribution in [3.05, 3.63) is 184 Å². The van der Waals surface area contributed by atoms with Crippen LogP contribution in [0.1, 0.15) is 160 Å². The van der Waals surface area contributed by atoms with Crippen molar-refractivity contribution in [3.63, 3.8) is 0 Å². The van der Waals surface area contributed by atoms with Crippen LogP contribution >= 0.6 is 0 Å². The third kappa shape index (κ3) is 7.27. The van der Waals surface area contributed by atoms with Crippen molar-refractivity contribution in [2.75, 3.05) is 14.7 Å². The van der Waals surface area contributed by atoms with Gasteiger partial charge >= 0.3 is 0 Å². The Bertz CT molecular complexity index is 3240. The van der Waals surface area contributed by atoms with Gasteiger partial charge in [-0.15, -0.1) is 0 Å². The van der Waals surface area contributed by atoms with Crippen molar-refractivity contribution in [2.45, 2.75) is 162 Å². The summed E-state index contributed by atoms with van der Waals surface area (Å²) < 4.78 is 0. The van der Waals surface area contributed by atoms with E-state index in [1.54, 1.807) is 0 Å². The summed E-state index contributed by atoms with van der Waals surface area (Å²) in [7, 11) is 0. The normalized spacial score (nSPS) is 19.5. The first-order valence-electron chi connectivity index (χ1n) is 26.7. The summed E-state index contributed by atoms with van der Waals surface area (Å²) >= 11 is 0. The second-order valence-electron chi connectivity index (χ2n) is 26.2. The van der Waals surface area contributed by atoms with E-state index in [1.165, 1.54) is 119 Å². The number of fused-ring (bicyclic) bond motifs is 7. The molecule has 0 saturated heterocycles. The Morgan fingerprint density at radius 3 is 1.59 bits per heavy atom. The monoisotopic (exact) mass is 934 g/mol. The second kappa shape index (κ2) is 16.0. The van der Waals surface area contributed by atoms with E-state index in [0.29, 0.717) is 0 Å². The molecule has 362 valence electrons. The fraction of sp³-hybridized carbons (Fsp3) is 0.373. The maximum atomic E-state index is 2.80. The molecule has 3 heterocycles. The first kappa shape index (κ1) is 47.3. The SMILES string of the molecule is Cc1cc2c3c(c1)N(c1ccc(C(C)(C)C)cc1C)c1ccc(C(C)(C)C)cc1B3c1ccc(N3c4ccc(C(C)(C)C)cc4C4(c5ccccc5)CCCCC34C)cc1N2c1ccc(C(C)(C)C)cc1. The molecule has 0 aromatic heterocycles. The maximum absolute atomic E-state index is 2.80. The van der Waals surface area contributed by atoms with Crippen LogP contribution in [0.2, 0.25) is 0 Å². The largest absolute Gasteiger partial charge is 0.334 e. The van der Waals surface area contributed by atoms with Crippen LogP contribution in [0.4, 0.5) is 45.5 Å². The van der Waals surface area contributed by atoms with Gasteiger partial charge in [0.15, 0.2) is 0 Å². The lowest BCUT2D eigenvalue weighted by molar-refractivity contribution is 0.215. The van der Waals surface area contributed by atoms with Crippen LogP contribution in [-0.4, -0.2) is 12.3 Å². The molecule has 11 rings (SSSR count). The third-order valence-electron chi connectivity index (χ3n) is 17.3. The smallest absolute Gasteiger partial charge is 0.252 e. The Morgan fingerprint density at radius 1 is 0.437 bits per heavy atom. The summed E-state index contributed by atoms with van der Waals surface area (Å²) in [4.78, 5) is 8.04. The van der Waals surface area contributed by atoms with Gasteiger partial charge in [0, 0.05) is 50.9 Å². The predicted octanol–water partition coefficient (Wildman–Crippen LogP) is 16.3. The summed E-state index contributed by atoms with van der Waals surface area (Å²) in [5.74, 6) is 0. The van der Waals surface area contributed by atoms with Crippen molar-refractivity contribution in [3.8, 4) is 0 Å². The van der Waals surface area contributed by atoms with E-state index in [9.17, 15) is 0 Å². The molecular weight excluding hydrogens is 858 g/mol. The number of nitrogens with zero attached hydrogens (tertiary/aromatic N) is 3. The fourth-order valence-corrected chi connectivity index (χ4v) is 13.4. The molecule has 0 amide bonds. The molecule has 3 aliphatic heterocycles. The molecule has 1 aliphatic carbocycles. The molecule has 1 saturated carbocycles. The Balaban J connectivity index is 1.20. The van der Waals surface area contributed by atoms with Gasteiger partial charge in [-0.1, -0.05) is 181 Å². The van der Waals surface area contributed by atoms with Crippen LogP contribution < -0.4 is 31.1 Å². The number of benzene rings is 7. The number of hydrogen-bond donors (Lipinski definition) is 0. The number of anilines is 8. The van der Waals surface area contributed by atoms with Crippen molar-refractivity contribution in [1.82, 2.24) is 0 Å². The van der Waals surface area contributed by atoms with Crippen LogP contribution in [-0.2, 0) is 27.1 Å². The lowest BCUT2D eigenvalue weighted by Gasteiger charge is -2.52. The molecular formula is C67H76BN3. The summed E-state index contributed by atoms with van der Waals surface area (Å²) in [6.07, 6.45) is 4.66. The van der Waals surface area contributed by atoms with Crippen molar-refractivity contribution in [2.24, 2.45) is 0 Å². The molecule has 4 heteroatoms. The Morgan fingerprint density at radius 2 is 0.972 bits per heavy atom. The van der Waals surface area contributed by atoms with Gasteiger partial charge < -0.3 is 14.7 Å². The third-order valence-corrected chi connectivity index (χ3v) is 17.3. The van der Waals surface area contributed by atoms with Crippen LogP contribution in [0.15, 0.2) is 140 Å². The van der Waals surface area contributed by atoms with E-state index in [2.05, 4.69) is 258 Å². The lowest BCUT2D eigenvalue weighted by atomic mass is 9.33. The first-order chi connectivity index (χ1) is 33.4. The van der Waals surface area contributed by atoms with Crippen molar-refractivity contribution in [1.29, 1.82) is 0 Å². The van der Waals surface area contributed by atoms with Crippen LogP contribution in [0.3, 0.4) is 0 Å². The fourth-order valence-electron chi connectivity index (χ4n) is 13.4. The molecule has 7 aromatic rings. The Hall–Kier alpha value is -6.00. The summed E-state index contributed by atoms with van der Waals surface area (Å²) in [5, 5.41) is 0. The minimum atomic E-state index is -0.199. The van der Waals surface area contributed by atoms with E-state index in [4.69, 9.17) is 0 Å². The van der Waals surface area contributed by atoms with Gasteiger partial charge in [0.05, 0.1) is 5.54 Å². The Kier molecular flexibility index (Phi) is 10.7. The van der Waals surface area contributed by atoms with Gasteiger partial charge in [0.25, 0.3) is 6.71 Å². The van der Waals surface area contributed by atoms with E-state index >= 15 is 0 Å². The number of hydrogen-bond acceptors (Lipinski definition) is 3. The molecule has 0 radical (unpaired) electrons. The highest BCUT2D eigenvalue weighted by atomic mass is 15.3. The number of aryl methyl sites for hydroxylation is 2. The molecule has 2 unspecified atom stereocenters. The highest BCUT2D eigenvalue weighted by Crippen LogP contribution is 2.64. The van der Waals surface area contributed by atoms with Crippen molar-refractivity contribution >= 4 is 68.6 Å². The molecule has 1 fully saturated rings. The second-order valence-corrected chi connectivity index (χ2v) is 26.2. The predicted molar refractivity (Wildman–Crippen MR) is 307 cm³/mol. The molecule has 0 spiro atoms. The van der Waals surface area contributed by atoms with Gasteiger partial charge in [-0.3, -0.25) is 0 Å². The van der Waals surface area contributed by atoms with E-state index in [1.807, 2.05) is 0 Å². The molecule has 0 bridgehead atoms. The standard InChI is InChI=1S/C67H76BN3/c1-43-37-59-61-60(38-43)70(55-32-25-47(39-44(55)2)63(6,7)8)57-34-27-49(65(12,13)14)41-54(57)68(61)53-31-30-51(42-58(53)69(59)50-28-23-45(24-29-50)62(3,4)5)71-56-33-26-48(64(9,10)11)40-52(56)67(46-21-17-16-18-22-46)36-20-19-35-66(67,71)15/h16-18,21-34,37-42H,19-20,35-36H2,1-15H3. The summed E-state index contributed by atoms with van der Waals surface area (Å²) in [5.41, 5.74) is 24.8. The minimum absolute atomic E-state index is 0.0198. The molecule has 71 heavy (non-hydrogen) atoms. The minimum Gasteiger partial charge on any atom is -0.334 e. The van der Waals surface area contributed by atoms with E-state index < -0.39 is 0 Å². The van der Waals surface area contributed by atoms with Gasteiger partial charge in [-0.25, -0.2) is 0 Å². The summed E-state index contributed by atoms with van der Waals surface area (Å²) in [6, 6.07) is 55.7. The maximum Gasteiger partial charge on any atom is 0.252 e. The zero-order valence-corrected chi connectivity index (χ0v) is 45.5. The molecule has 3 nitrogen and oxygen atoms in total. The van der Waals surface area contributed by atoms with Crippen LogP contribution in [0, 0.1) is 13.8 Å². The van der Waals surface area contributed by atoms with Crippen LogP contribution in [0.5, 0.6) is 0 Å². The highest BCUT2D eigenvalue weighted by molar-refractivity contribution is 7.00. The Labute approximate surface area is 427 Å². The average molecular weight is 934 g/mol. The zero-order chi connectivity index (χ0) is 50.4. The first-order valence-corrected chi connectivity index (χ1v) is 26.7. The number of rotatable bonds is 4. The lowest BCUT2D eigenvalue weighted by Crippen LogP contribution is -2.61. The van der Waals surface area contributed by atoms with Crippen molar-refractivity contribution < 1.29 is 0 Å². The quantitative estimate of drug-likeness (QED) is 0.163. The van der Waals surface area contributed by atoms with Gasteiger partial charge in [-0.05, 0) is 171 Å². The van der Waals surface area contributed by atoms with Gasteiger partial charge in [-0.2, -0.15) is 0 Å². The van der Waals surface area contributed by atoms with E-state index in [-0.39, 0.29) is 39.3 Å². The molecule has 0 N–H and O–H groups in total. The molecule has 4 aliphatic rings. The average Bonchev–Trinajstić information content (AvgIpc) is 3.55. The van der Waals surface area contributed by atoms with E-state index in [0.717, 1.165) is 12.8 Å². The topological polar surface area (TPSA) is 9.72 Å². The molecule has 2 atom stereocenters. The van der Waals surface area contributed by atoms with Crippen LogP contribution in [0.25, 0.3) is 0 Å².